The number of hydrogen-bond donors (Lipinski definition) is 0. The molecule has 0 bridgehead atoms. The molecule has 1 saturated carbocycles. The zero-order valence-electron chi connectivity index (χ0n) is 11.2. The molecule has 1 saturated heterocycles. The van der Waals surface area contributed by atoms with E-state index in [1.807, 2.05) is 13.8 Å². The van der Waals surface area contributed by atoms with Gasteiger partial charge in [0.1, 0.15) is 0 Å². The molecular weight excluding hydrogens is 261 g/mol. The molecule has 0 spiro atoms. The van der Waals surface area contributed by atoms with Crippen molar-refractivity contribution in [3.05, 3.63) is 0 Å². The molecule has 0 aromatic rings. The van der Waals surface area contributed by atoms with Crippen molar-refractivity contribution in [2.24, 2.45) is 23.7 Å². The molecule has 0 aromatic carbocycles. The molecule has 1 aliphatic carbocycles. The predicted molar refractivity (Wildman–Crippen MR) is 61.3 cm³/mol. The summed E-state index contributed by atoms with van der Waals surface area (Å²) in [4.78, 5) is 11.8. The lowest BCUT2D eigenvalue weighted by Gasteiger charge is -2.38. The summed E-state index contributed by atoms with van der Waals surface area (Å²) in [7, 11) is 1.22. The van der Waals surface area contributed by atoms with E-state index in [1.165, 1.54) is 7.11 Å². The molecule has 6 atom stereocenters. The van der Waals surface area contributed by atoms with Crippen LogP contribution in [0.15, 0.2) is 0 Å². The summed E-state index contributed by atoms with van der Waals surface area (Å²) >= 11 is 0. The summed E-state index contributed by atoms with van der Waals surface area (Å²) in [5.74, 6) is -2.83. The van der Waals surface area contributed by atoms with Crippen molar-refractivity contribution in [2.75, 3.05) is 7.11 Å². The van der Waals surface area contributed by atoms with Gasteiger partial charge in [-0.15, -0.1) is 0 Å². The van der Waals surface area contributed by atoms with Crippen molar-refractivity contribution in [1.29, 1.82) is 0 Å². The molecule has 1 aliphatic heterocycles. The Kier molecular flexibility index (Phi) is 3.82. The number of esters is 1. The number of methoxy groups -OCH3 is 1. The van der Waals surface area contributed by atoms with Crippen LogP contribution >= 0.6 is 0 Å². The Morgan fingerprint density at radius 2 is 1.89 bits per heavy atom. The van der Waals surface area contributed by atoms with E-state index < -0.39 is 30.1 Å². The first-order valence-electron chi connectivity index (χ1n) is 6.55. The minimum atomic E-state index is -4.28. The van der Waals surface area contributed by atoms with Gasteiger partial charge in [0, 0.05) is 5.92 Å². The van der Waals surface area contributed by atoms with Crippen LogP contribution in [-0.4, -0.2) is 31.5 Å². The normalized spacial score (nSPS) is 42.8. The van der Waals surface area contributed by atoms with Crippen LogP contribution in [0.4, 0.5) is 13.2 Å². The number of ether oxygens (including phenoxy) is 2. The number of rotatable bonds is 1. The highest BCUT2D eigenvalue weighted by atomic mass is 19.4. The number of fused-ring (bicyclic) bond motifs is 1. The number of carbonyl (C=O) groups excluding carboxylic acids is 1. The molecule has 0 N–H and O–H groups in total. The Morgan fingerprint density at radius 3 is 2.42 bits per heavy atom. The molecule has 0 aromatic heterocycles. The minimum absolute atomic E-state index is 0.0453. The van der Waals surface area contributed by atoms with Crippen LogP contribution < -0.4 is 0 Å². The summed E-state index contributed by atoms with van der Waals surface area (Å²) in [5.41, 5.74) is 0. The number of carbonyl (C=O) groups is 1. The molecule has 2 rings (SSSR count). The first kappa shape index (κ1) is 14.6. The quantitative estimate of drug-likeness (QED) is 0.693. The standard InChI is InChI=1S/C13H19F3O3/c1-6-7(2)19-10-5-8(13(14,15)16)4-9(11(6)10)12(17)18-3/h6-11H,4-5H2,1-3H3/t6-,7+,8+,9-,10+,11-/m1/s1. The third kappa shape index (κ3) is 2.59. The predicted octanol–water partition coefficient (Wildman–Crippen LogP) is 2.79. The fraction of sp³-hybridized carbons (Fsp3) is 0.923. The van der Waals surface area contributed by atoms with Gasteiger partial charge in [0.15, 0.2) is 0 Å². The van der Waals surface area contributed by atoms with Crippen molar-refractivity contribution < 1.29 is 27.4 Å². The second-order valence-corrected chi connectivity index (χ2v) is 5.66. The largest absolute Gasteiger partial charge is 0.469 e. The fourth-order valence-electron chi connectivity index (χ4n) is 3.49. The molecule has 2 aliphatic rings. The summed E-state index contributed by atoms with van der Waals surface area (Å²) in [6.07, 6.45) is -5.12. The van der Waals surface area contributed by atoms with Crippen LogP contribution in [0.5, 0.6) is 0 Å². The van der Waals surface area contributed by atoms with Gasteiger partial charge in [0.05, 0.1) is 31.2 Å². The van der Waals surface area contributed by atoms with Crippen LogP contribution in [0.3, 0.4) is 0 Å². The molecule has 0 unspecified atom stereocenters. The highest BCUT2D eigenvalue weighted by molar-refractivity contribution is 5.73. The zero-order chi connectivity index (χ0) is 14.4. The summed E-state index contributed by atoms with van der Waals surface area (Å²) in [6.45, 7) is 3.78. The third-order valence-corrected chi connectivity index (χ3v) is 4.65. The van der Waals surface area contributed by atoms with Crippen molar-refractivity contribution in [3.63, 3.8) is 0 Å². The third-order valence-electron chi connectivity index (χ3n) is 4.65. The van der Waals surface area contributed by atoms with Crippen molar-refractivity contribution in [1.82, 2.24) is 0 Å². The van der Waals surface area contributed by atoms with Gasteiger partial charge in [-0.2, -0.15) is 13.2 Å². The molecule has 19 heavy (non-hydrogen) atoms. The van der Waals surface area contributed by atoms with E-state index in [1.54, 1.807) is 0 Å². The van der Waals surface area contributed by atoms with Gasteiger partial charge in [-0.3, -0.25) is 4.79 Å². The second kappa shape index (κ2) is 4.96. The van der Waals surface area contributed by atoms with Gasteiger partial charge < -0.3 is 9.47 Å². The lowest BCUT2D eigenvalue weighted by Crippen LogP contribution is -2.44. The van der Waals surface area contributed by atoms with E-state index in [4.69, 9.17) is 4.74 Å². The minimum Gasteiger partial charge on any atom is -0.469 e. The maximum atomic E-state index is 12.9. The van der Waals surface area contributed by atoms with Crippen LogP contribution in [-0.2, 0) is 14.3 Å². The Labute approximate surface area is 110 Å². The van der Waals surface area contributed by atoms with Crippen molar-refractivity contribution in [3.8, 4) is 0 Å². The number of hydrogen-bond acceptors (Lipinski definition) is 3. The van der Waals surface area contributed by atoms with Gasteiger partial charge in [0.2, 0.25) is 0 Å². The van der Waals surface area contributed by atoms with Gasteiger partial charge in [-0.1, -0.05) is 6.92 Å². The van der Waals surface area contributed by atoms with Crippen LogP contribution in [0, 0.1) is 23.7 Å². The van der Waals surface area contributed by atoms with Gasteiger partial charge in [-0.05, 0) is 25.7 Å². The Bertz CT molecular complexity index is 356. The monoisotopic (exact) mass is 280 g/mol. The summed E-state index contributed by atoms with van der Waals surface area (Å²) < 4.78 is 49.1. The van der Waals surface area contributed by atoms with Crippen molar-refractivity contribution >= 4 is 5.97 Å². The summed E-state index contributed by atoms with van der Waals surface area (Å²) in [5, 5.41) is 0. The lowest BCUT2D eigenvalue weighted by atomic mass is 9.68. The van der Waals surface area contributed by atoms with E-state index in [0.29, 0.717) is 0 Å². The van der Waals surface area contributed by atoms with E-state index in [9.17, 15) is 18.0 Å². The molecule has 3 nitrogen and oxygen atoms in total. The topological polar surface area (TPSA) is 35.5 Å². The van der Waals surface area contributed by atoms with Crippen molar-refractivity contribution in [2.45, 2.75) is 45.1 Å². The maximum absolute atomic E-state index is 12.9. The Morgan fingerprint density at radius 1 is 1.26 bits per heavy atom. The second-order valence-electron chi connectivity index (χ2n) is 5.66. The number of alkyl halides is 3. The van der Waals surface area contributed by atoms with Crippen LogP contribution in [0.1, 0.15) is 26.7 Å². The molecule has 6 heteroatoms. The molecule has 110 valence electrons. The molecule has 2 fully saturated rings. The van der Waals surface area contributed by atoms with Gasteiger partial charge in [0.25, 0.3) is 0 Å². The first-order chi connectivity index (χ1) is 8.75. The molecular formula is C13H19F3O3. The van der Waals surface area contributed by atoms with Gasteiger partial charge in [-0.25, -0.2) is 0 Å². The Hall–Kier alpha value is -0.780. The Balaban J connectivity index is 2.25. The smallest absolute Gasteiger partial charge is 0.391 e. The van der Waals surface area contributed by atoms with Crippen LogP contribution in [0.25, 0.3) is 0 Å². The van der Waals surface area contributed by atoms with E-state index in [-0.39, 0.29) is 30.8 Å². The average molecular weight is 280 g/mol. The molecule has 1 heterocycles. The molecule has 0 radical (unpaired) electrons. The first-order valence-corrected chi connectivity index (χ1v) is 6.55. The average Bonchev–Trinajstić information content (AvgIpc) is 2.62. The fourth-order valence-corrected chi connectivity index (χ4v) is 3.49. The van der Waals surface area contributed by atoms with Crippen LogP contribution in [0.2, 0.25) is 0 Å². The SMILES string of the molecule is COC(=O)[C@@H]1C[C@H](C(F)(F)F)C[C@@H]2O[C@@H](C)[C@@H](C)[C@@H]21. The lowest BCUT2D eigenvalue weighted by molar-refractivity contribution is -0.202. The van der Waals surface area contributed by atoms with E-state index >= 15 is 0 Å². The highest BCUT2D eigenvalue weighted by Crippen LogP contribution is 2.50. The van der Waals surface area contributed by atoms with E-state index in [2.05, 4.69) is 4.74 Å². The zero-order valence-corrected chi connectivity index (χ0v) is 11.2. The molecule has 0 amide bonds. The number of halogens is 3. The highest BCUT2D eigenvalue weighted by Gasteiger charge is 2.56. The maximum Gasteiger partial charge on any atom is 0.391 e. The summed E-state index contributed by atoms with van der Waals surface area (Å²) in [6, 6.07) is 0. The van der Waals surface area contributed by atoms with E-state index in [0.717, 1.165) is 0 Å². The van der Waals surface area contributed by atoms with Gasteiger partial charge >= 0.3 is 12.1 Å².